The van der Waals surface area contributed by atoms with Crippen molar-refractivity contribution in [3.63, 3.8) is 0 Å². The van der Waals surface area contributed by atoms with Gasteiger partial charge in [-0.25, -0.2) is 10.4 Å². The Morgan fingerprint density at radius 2 is 1.41 bits per heavy atom. The smallest absolute Gasteiger partial charge is 0.307 e. The number of nitrogens with one attached hydrogen (secondary N) is 2. The van der Waals surface area contributed by atoms with Crippen LogP contribution in [0.25, 0.3) is 0 Å². The molecule has 1 amide bonds. The predicted octanol–water partition coefficient (Wildman–Crippen LogP) is 1.56. The van der Waals surface area contributed by atoms with Gasteiger partial charge in [-0.15, -0.1) is 0 Å². The van der Waals surface area contributed by atoms with E-state index in [2.05, 4.69) is 15.7 Å². The molecule has 0 aromatic carbocycles. The Bertz CT molecular complexity index is 642. The van der Waals surface area contributed by atoms with Crippen LogP contribution in [0.1, 0.15) is 64.2 Å². The minimum atomic E-state index is -0.959. The molecule has 10 nitrogen and oxygen atoms in total. The van der Waals surface area contributed by atoms with Gasteiger partial charge in [-0.2, -0.15) is 0 Å². The van der Waals surface area contributed by atoms with Crippen molar-refractivity contribution in [2.24, 2.45) is 35.5 Å². The van der Waals surface area contributed by atoms with E-state index in [1.54, 1.807) is 0 Å². The second kappa shape index (κ2) is 13.7. The second-order valence-electron chi connectivity index (χ2n) is 10.6. The molecule has 0 aliphatic heterocycles. The molecule has 0 aromatic heterocycles. The molecule has 0 saturated heterocycles. The Labute approximate surface area is 201 Å². The Kier molecular flexibility index (Phi) is 11.0. The van der Waals surface area contributed by atoms with Gasteiger partial charge < -0.3 is 25.5 Å². The van der Waals surface area contributed by atoms with Crippen LogP contribution in [0.4, 0.5) is 0 Å². The first-order valence-electron chi connectivity index (χ1n) is 12.8. The number of hydrogen-bond acceptors (Lipinski definition) is 8. The van der Waals surface area contributed by atoms with E-state index in [0.29, 0.717) is 44.2 Å². The number of hydrogen-bond donors (Lipinski definition) is 6. The molecule has 0 heterocycles. The summed E-state index contributed by atoms with van der Waals surface area (Å²) in [4.78, 5) is 34.1. The third kappa shape index (κ3) is 8.13. The molecule has 6 atom stereocenters. The third-order valence-electron chi connectivity index (χ3n) is 8.18. The monoisotopic (exact) mass is 486 g/mol. The topological polar surface area (TPSA) is 158 Å². The van der Waals surface area contributed by atoms with E-state index in [4.69, 9.17) is 10.1 Å². The lowest BCUT2D eigenvalue weighted by molar-refractivity contribution is -0.257. The van der Waals surface area contributed by atoms with Gasteiger partial charge >= 0.3 is 5.97 Å². The molecule has 0 radical (unpaired) electrons. The van der Waals surface area contributed by atoms with E-state index in [9.17, 15) is 24.9 Å². The molecular formula is C24H42N2O8. The quantitative estimate of drug-likeness (QED) is 0.145. The summed E-state index contributed by atoms with van der Waals surface area (Å²) >= 11 is 0. The zero-order chi connectivity index (χ0) is 24.5. The van der Waals surface area contributed by atoms with Crippen LogP contribution >= 0.6 is 0 Å². The van der Waals surface area contributed by atoms with Gasteiger partial charge in [0.15, 0.2) is 0 Å². The average Bonchev–Trinajstić information content (AvgIpc) is 2.82. The van der Waals surface area contributed by atoms with Gasteiger partial charge in [0.1, 0.15) is 0 Å². The van der Waals surface area contributed by atoms with Crippen LogP contribution in [0.2, 0.25) is 0 Å². The SMILES string of the molecule is O=C(O)C1CCC(O)CC1C(=O)NCC1CCC(CNOCC2CC(O)CCC2COO)CC1. The van der Waals surface area contributed by atoms with Gasteiger partial charge in [0.2, 0.25) is 5.91 Å². The van der Waals surface area contributed by atoms with Crippen LogP contribution in [0.5, 0.6) is 0 Å². The number of aliphatic hydroxyl groups excluding tert-OH is 2. The van der Waals surface area contributed by atoms with Crippen LogP contribution in [0.15, 0.2) is 0 Å². The second-order valence-corrected chi connectivity index (χ2v) is 10.6. The zero-order valence-corrected chi connectivity index (χ0v) is 19.9. The van der Waals surface area contributed by atoms with Gasteiger partial charge in [-0.1, -0.05) is 0 Å². The van der Waals surface area contributed by atoms with E-state index in [-0.39, 0.29) is 36.9 Å². The normalized spacial score (nSPS) is 36.7. The Morgan fingerprint density at radius 1 is 0.765 bits per heavy atom. The van der Waals surface area contributed by atoms with Crippen molar-refractivity contribution in [1.29, 1.82) is 0 Å². The molecule has 3 aliphatic carbocycles. The molecule has 3 aliphatic rings. The number of carbonyl (C=O) groups excluding carboxylic acids is 1. The molecule has 34 heavy (non-hydrogen) atoms. The number of hydroxylamine groups is 1. The summed E-state index contributed by atoms with van der Waals surface area (Å²) in [6.45, 7) is 2.03. The minimum absolute atomic E-state index is 0.147. The summed E-state index contributed by atoms with van der Waals surface area (Å²) in [5.74, 6) is -1.38. The molecule has 6 N–H and O–H groups in total. The highest BCUT2D eigenvalue weighted by Crippen LogP contribution is 2.33. The van der Waals surface area contributed by atoms with Crippen molar-refractivity contribution in [1.82, 2.24) is 10.8 Å². The molecule has 3 fully saturated rings. The fourth-order valence-corrected chi connectivity index (χ4v) is 5.91. The molecule has 0 bridgehead atoms. The highest BCUT2D eigenvalue weighted by atomic mass is 17.1. The number of carbonyl (C=O) groups is 2. The van der Waals surface area contributed by atoms with Crippen molar-refractivity contribution in [3.05, 3.63) is 0 Å². The minimum Gasteiger partial charge on any atom is -0.481 e. The first-order valence-corrected chi connectivity index (χ1v) is 12.8. The van der Waals surface area contributed by atoms with Crippen molar-refractivity contribution in [2.45, 2.75) is 76.4 Å². The maximum Gasteiger partial charge on any atom is 0.307 e. The van der Waals surface area contributed by atoms with E-state index in [1.807, 2.05) is 0 Å². The van der Waals surface area contributed by atoms with Crippen molar-refractivity contribution in [3.8, 4) is 0 Å². The van der Waals surface area contributed by atoms with E-state index < -0.39 is 23.9 Å². The summed E-state index contributed by atoms with van der Waals surface area (Å²) in [5.41, 5.74) is 3.07. The molecule has 6 unspecified atom stereocenters. The van der Waals surface area contributed by atoms with E-state index >= 15 is 0 Å². The first kappa shape index (κ1) is 27.3. The van der Waals surface area contributed by atoms with Gasteiger partial charge in [-0.05, 0) is 87.9 Å². The van der Waals surface area contributed by atoms with Crippen molar-refractivity contribution in [2.75, 3.05) is 26.3 Å². The van der Waals surface area contributed by atoms with Crippen LogP contribution in [-0.2, 0) is 19.3 Å². The summed E-state index contributed by atoms with van der Waals surface area (Å²) in [6, 6.07) is 0. The number of rotatable bonds is 11. The summed E-state index contributed by atoms with van der Waals surface area (Å²) < 4.78 is 0. The lowest BCUT2D eigenvalue weighted by atomic mass is 9.77. The molecular weight excluding hydrogens is 444 g/mol. The van der Waals surface area contributed by atoms with Gasteiger partial charge in [0, 0.05) is 13.1 Å². The Balaban J connectivity index is 1.30. The van der Waals surface area contributed by atoms with E-state index in [0.717, 1.165) is 45.1 Å². The fraction of sp³-hybridized carbons (Fsp3) is 0.917. The molecule has 3 rings (SSSR count). The molecule has 3 saturated carbocycles. The largest absolute Gasteiger partial charge is 0.481 e. The standard InChI is InChI=1S/C24H42N2O8/c27-19-6-5-17(14-34-32)18(9-19)13-33-26-12-16-3-1-15(2-4-16)11-25-23(29)22-10-20(28)7-8-21(22)24(30)31/h15-22,26-28,32H,1-14H2,(H,25,29)(H,30,31). The zero-order valence-electron chi connectivity index (χ0n) is 19.9. The fourth-order valence-electron chi connectivity index (χ4n) is 5.91. The van der Waals surface area contributed by atoms with Crippen LogP contribution in [0, 0.1) is 35.5 Å². The van der Waals surface area contributed by atoms with Gasteiger partial charge in [0.25, 0.3) is 0 Å². The lowest BCUT2D eigenvalue weighted by Gasteiger charge is -2.33. The highest BCUT2D eigenvalue weighted by molar-refractivity contribution is 5.85. The highest BCUT2D eigenvalue weighted by Gasteiger charge is 2.39. The number of amides is 1. The molecule has 0 aromatic rings. The third-order valence-corrected chi connectivity index (χ3v) is 8.18. The summed E-state index contributed by atoms with van der Waals surface area (Å²) in [5, 5.41) is 40.9. The van der Waals surface area contributed by atoms with Gasteiger partial charge in [-0.3, -0.25) is 14.8 Å². The summed E-state index contributed by atoms with van der Waals surface area (Å²) in [6.07, 6.45) is 6.30. The number of aliphatic carboxylic acids is 1. The molecule has 0 spiro atoms. The predicted molar refractivity (Wildman–Crippen MR) is 122 cm³/mol. The molecule has 10 heteroatoms. The van der Waals surface area contributed by atoms with Crippen molar-refractivity contribution >= 4 is 11.9 Å². The van der Waals surface area contributed by atoms with Crippen LogP contribution in [-0.4, -0.2) is 71.0 Å². The lowest BCUT2D eigenvalue weighted by Crippen LogP contribution is -2.44. The Morgan fingerprint density at radius 3 is 2.09 bits per heavy atom. The Hall–Kier alpha value is -1.30. The van der Waals surface area contributed by atoms with Crippen LogP contribution < -0.4 is 10.8 Å². The number of carboxylic acids is 1. The van der Waals surface area contributed by atoms with Crippen molar-refractivity contribution < 1.29 is 39.9 Å². The van der Waals surface area contributed by atoms with Crippen LogP contribution in [0.3, 0.4) is 0 Å². The molecule has 196 valence electrons. The van der Waals surface area contributed by atoms with E-state index in [1.165, 1.54) is 0 Å². The number of carboxylic acid groups (broad SMARTS) is 1. The average molecular weight is 487 g/mol. The maximum absolute atomic E-state index is 12.6. The maximum atomic E-state index is 12.6. The number of aliphatic hydroxyl groups is 2. The van der Waals surface area contributed by atoms with Gasteiger partial charge in [0.05, 0.1) is 37.3 Å². The first-order chi connectivity index (χ1) is 16.4. The summed E-state index contributed by atoms with van der Waals surface area (Å²) in [7, 11) is 0.